The molecule has 1 saturated carbocycles. The van der Waals surface area contributed by atoms with Crippen molar-refractivity contribution < 1.29 is 0 Å². The zero-order chi connectivity index (χ0) is 14.7. The topological polar surface area (TPSA) is 29.9 Å². The number of hydrogen-bond donors (Lipinski definition) is 1. The van der Waals surface area contributed by atoms with Gasteiger partial charge in [0.2, 0.25) is 0 Å². The van der Waals surface area contributed by atoms with E-state index in [2.05, 4.69) is 48.1 Å². The average Bonchev–Trinajstić information content (AvgIpc) is 2.90. The molecule has 1 aliphatic carbocycles. The van der Waals surface area contributed by atoms with Gasteiger partial charge >= 0.3 is 0 Å². The van der Waals surface area contributed by atoms with E-state index in [0.29, 0.717) is 6.04 Å². The summed E-state index contributed by atoms with van der Waals surface area (Å²) in [6, 6.07) is 9.06. The normalized spacial score (nSPS) is 18.2. The van der Waals surface area contributed by atoms with E-state index in [4.69, 9.17) is 4.98 Å². The van der Waals surface area contributed by atoms with E-state index in [1.807, 2.05) is 0 Å². The Morgan fingerprint density at radius 1 is 1.24 bits per heavy atom. The van der Waals surface area contributed by atoms with Crippen LogP contribution in [-0.4, -0.2) is 22.6 Å². The second-order valence-corrected chi connectivity index (χ2v) is 6.26. The van der Waals surface area contributed by atoms with Crippen LogP contribution < -0.4 is 5.32 Å². The number of nitrogens with one attached hydrogen (secondary N) is 1. The third-order valence-electron chi connectivity index (χ3n) is 5.04. The molecule has 3 nitrogen and oxygen atoms in total. The van der Waals surface area contributed by atoms with Crippen LogP contribution in [0.25, 0.3) is 11.0 Å². The van der Waals surface area contributed by atoms with Gasteiger partial charge in [-0.15, -0.1) is 0 Å². The van der Waals surface area contributed by atoms with Crippen LogP contribution in [0.5, 0.6) is 0 Å². The summed E-state index contributed by atoms with van der Waals surface area (Å²) in [6.07, 6.45) is 8.00. The number of imidazole rings is 1. The van der Waals surface area contributed by atoms with Crippen LogP contribution in [0, 0.1) is 5.92 Å². The van der Waals surface area contributed by atoms with Crippen LogP contribution in [0.1, 0.15) is 44.9 Å². The van der Waals surface area contributed by atoms with Crippen LogP contribution in [0.3, 0.4) is 0 Å². The van der Waals surface area contributed by atoms with Crippen molar-refractivity contribution >= 4 is 11.0 Å². The predicted molar refractivity (Wildman–Crippen MR) is 88.5 cm³/mol. The Kier molecular flexibility index (Phi) is 4.59. The fraction of sp³-hybridized carbons (Fsp3) is 0.611. The molecule has 0 saturated heterocycles. The molecule has 1 unspecified atom stereocenters. The Morgan fingerprint density at radius 3 is 2.71 bits per heavy atom. The molecule has 1 aliphatic rings. The highest BCUT2D eigenvalue weighted by molar-refractivity contribution is 5.75. The summed E-state index contributed by atoms with van der Waals surface area (Å²) < 4.78 is 2.38. The molecule has 0 aliphatic heterocycles. The summed E-state index contributed by atoms with van der Waals surface area (Å²) in [5, 5.41) is 3.56. The van der Waals surface area contributed by atoms with Gasteiger partial charge in [0.05, 0.1) is 11.0 Å². The predicted octanol–water partition coefficient (Wildman–Crippen LogP) is 3.77. The minimum Gasteiger partial charge on any atom is -0.328 e. The zero-order valence-electron chi connectivity index (χ0n) is 13.3. The first-order valence-corrected chi connectivity index (χ1v) is 8.45. The first kappa shape index (κ1) is 14.6. The highest BCUT2D eigenvalue weighted by atomic mass is 15.1. The van der Waals surface area contributed by atoms with Crippen molar-refractivity contribution in [3.63, 3.8) is 0 Å². The van der Waals surface area contributed by atoms with Gasteiger partial charge in [-0.2, -0.15) is 0 Å². The molecule has 0 radical (unpaired) electrons. The summed E-state index contributed by atoms with van der Waals surface area (Å²) in [7, 11) is 2.11. The third-order valence-corrected chi connectivity index (χ3v) is 5.04. The van der Waals surface area contributed by atoms with Gasteiger partial charge in [0.15, 0.2) is 0 Å². The molecule has 3 heteroatoms. The largest absolute Gasteiger partial charge is 0.328 e. The lowest BCUT2D eigenvalue weighted by atomic mass is 9.82. The number of fused-ring (bicyclic) bond motifs is 1. The number of para-hydroxylation sites is 2. The van der Waals surface area contributed by atoms with Gasteiger partial charge in [0.1, 0.15) is 5.82 Å². The molecule has 2 aromatic rings. The maximum atomic E-state index is 4.89. The van der Waals surface area contributed by atoms with Gasteiger partial charge in [0, 0.05) is 19.0 Å². The summed E-state index contributed by atoms with van der Waals surface area (Å²) in [5.74, 6) is 2.05. The summed E-state index contributed by atoms with van der Waals surface area (Å²) in [5.41, 5.74) is 2.40. The van der Waals surface area contributed by atoms with Crippen LogP contribution in [-0.2, 0) is 13.0 Å². The van der Waals surface area contributed by atoms with Crippen LogP contribution >= 0.6 is 0 Å². The highest BCUT2D eigenvalue weighted by Gasteiger charge is 2.24. The molecule has 0 spiro atoms. The van der Waals surface area contributed by atoms with Crippen molar-refractivity contribution in [2.24, 2.45) is 5.92 Å². The number of aryl methyl sites for hydroxylation is 1. The first-order valence-electron chi connectivity index (χ1n) is 8.45. The Hall–Kier alpha value is -1.35. The van der Waals surface area contributed by atoms with Crippen LogP contribution in [0.2, 0.25) is 0 Å². The van der Waals surface area contributed by atoms with E-state index >= 15 is 0 Å². The summed E-state index contributed by atoms with van der Waals surface area (Å²) in [6.45, 7) is 3.21. The fourth-order valence-electron chi connectivity index (χ4n) is 3.87. The van der Waals surface area contributed by atoms with Gasteiger partial charge in [-0.05, 0) is 44.9 Å². The minimum absolute atomic E-state index is 0.562. The third kappa shape index (κ3) is 2.98. The number of nitrogens with zero attached hydrogens (tertiary/aromatic N) is 2. The molecular formula is C18H27N3. The van der Waals surface area contributed by atoms with Gasteiger partial charge in [-0.1, -0.05) is 31.4 Å². The van der Waals surface area contributed by atoms with E-state index in [1.54, 1.807) is 0 Å². The molecule has 1 atom stereocenters. The van der Waals surface area contributed by atoms with E-state index in [1.165, 1.54) is 43.4 Å². The van der Waals surface area contributed by atoms with E-state index in [0.717, 1.165) is 24.4 Å². The van der Waals surface area contributed by atoms with E-state index in [9.17, 15) is 0 Å². The lowest BCUT2D eigenvalue weighted by molar-refractivity contribution is 0.273. The second-order valence-electron chi connectivity index (χ2n) is 6.26. The van der Waals surface area contributed by atoms with E-state index < -0.39 is 0 Å². The molecular weight excluding hydrogens is 258 g/mol. The van der Waals surface area contributed by atoms with Crippen molar-refractivity contribution in [3.05, 3.63) is 30.1 Å². The van der Waals surface area contributed by atoms with Crippen molar-refractivity contribution in [2.75, 3.05) is 7.05 Å². The Morgan fingerprint density at radius 2 is 2.00 bits per heavy atom. The van der Waals surface area contributed by atoms with Crippen molar-refractivity contribution in [2.45, 2.75) is 58.0 Å². The average molecular weight is 285 g/mol. The minimum atomic E-state index is 0.562. The lowest BCUT2D eigenvalue weighted by Gasteiger charge is -2.30. The molecule has 1 aromatic heterocycles. The number of benzene rings is 1. The van der Waals surface area contributed by atoms with Crippen LogP contribution in [0.4, 0.5) is 0 Å². The highest BCUT2D eigenvalue weighted by Crippen LogP contribution is 2.28. The van der Waals surface area contributed by atoms with Gasteiger partial charge in [-0.3, -0.25) is 0 Å². The molecule has 1 heterocycles. The summed E-state index contributed by atoms with van der Waals surface area (Å²) >= 11 is 0. The molecule has 0 bridgehead atoms. The molecule has 3 rings (SSSR count). The maximum Gasteiger partial charge on any atom is 0.111 e. The monoisotopic (exact) mass is 285 g/mol. The zero-order valence-corrected chi connectivity index (χ0v) is 13.3. The van der Waals surface area contributed by atoms with Gasteiger partial charge in [-0.25, -0.2) is 4.98 Å². The van der Waals surface area contributed by atoms with Crippen molar-refractivity contribution in [3.8, 4) is 0 Å². The molecule has 114 valence electrons. The lowest BCUT2D eigenvalue weighted by Crippen LogP contribution is -2.37. The molecule has 21 heavy (non-hydrogen) atoms. The maximum absolute atomic E-state index is 4.89. The Balaban J connectivity index is 1.85. The quantitative estimate of drug-likeness (QED) is 0.906. The second kappa shape index (κ2) is 6.61. The Labute approximate surface area is 127 Å². The smallest absolute Gasteiger partial charge is 0.111 e. The number of rotatable bonds is 5. The fourth-order valence-corrected chi connectivity index (χ4v) is 3.87. The first-order chi connectivity index (χ1) is 10.3. The number of likely N-dealkylation sites (N-methyl/N-ethyl adjacent to an activating group) is 1. The number of hydrogen-bond acceptors (Lipinski definition) is 2. The van der Waals surface area contributed by atoms with Crippen LogP contribution in [0.15, 0.2) is 24.3 Å². The number of aromatic nitrogens is 2. The molecule has 1 fully saturated rings. The summed E-state index contributed by atoms with van der Waals surface area (Å²) in [4.78, 5) is 4.89. The van der Waals surface area contributed by atoms with Crippen molar-refractivity contribution in [1.82, 2.24) is 14.9 Å². The molecule has 1 aromatic carbocycles. The molecule has 0 amide bonds. The SMILES string of the molecule is CCn1c(CC(NC)C2CCCCC2)nc2ccccc21. The molecule has 1 N–H and O–H groups in total. The Bertz CT molecular complexity index is 581. The standard InChI is InChI=1S/C18H27N3/c1-3-21-17-12-8-7-11-15(17)20-18(21)13-16(19-2)14-9-5-4-6-10-14/h7-8,11-12,14,16,19H,3-6,9-10,13H2,1-2H3. The van der Waals surface area contributed by atoms with Gasteiger partial charge in [0.25, 0.3) is 0 Å². The van der Waals surface area contributed by atoms with Crippen molar-refractivity contribution in [1.29, 1.82) is 0 Å². The van der Waals surface area contributed by atoms with Gasteiger partial charge < -0.3 is 9.88 Å². The van der Waals surface area contributed by atoms with E-state index in [-0.39, 0.29) is 0 Å².